The summed E-state index contributed by atoms with van der Waals surface area (Å²) in [7, 11) is 0. The van der Waals surface area contributed by atoms with Gasteiger partial charge < -0.3 is 5.11 Å². The SMILES string of the molecule is CC(=O)Cc1ccccc1C#CCO. The molecule has 0 atom stereocenters. The van der Waals surface area contributed by atoms with Crippen LogP contribution >= 0.6 is 0 Å². The first-order valence-corrected chi connectivity index (χ1v) is 4.41. The van der Waals surface area contributed by atoms with E-state index in [0.29, 0.717) is 6.42 Å². The lowest BCUT2D eigenvalue weighted by molar-refractivity contribution is -0.116. The predicted octanol–water partition coefficient (Wildman–Crippen LogP) is 1.16. The molecule has 0 fully saturated rings. The van der Waals surface area contributed by atoms with Crippen LogP contribution in [-0.4, -0.2) is 17.5 Å². The number of hydrogen-bond donors (Lipinski definition) is 1. The van der Waals surface area contributed by atoms with Crippen LogP contribution in [0.15, 0.2) is 24.3 Å². The minimum absolute atomic E-state index is 0.114. The third-order valence-corrected chi connectivity index (χ3v) is 1.76. The smallest absolute Gasteiger partial charge is 0.134 e. The Morgan fingerprint density at radius 1 is 1.43 bits per heavy atom. The molecule has 0 saturated carbocycles. The Balaban J connectivity index is 2.96. The maximum atomic E-state index is 10.9. The van der Waals surface area contributed by atoms with E-state index in [4.69, 9.17) is 5.11 Å². The summed E-state index contributed by atoms with van der Waals surface area (Å²) < 4.78 is 0. The highest BCUT2D eigenvalue weighted by Gasteiger charge is 2.01. The van der Waals surface area contributed by atoms with Crippen molar-refractivity contribution in [2.24, 2.45) is 0 Å². The average molecular weight is 188 g/mol. The van der Waals surface area contributed by atoms with Gasteiger partial charge in [-0.1, -0.05) is 30.0 Å². The van der Waals surface area contributed by atoms with E-state index in [1.165, 1.54) is 0 Å². The highest BCUT2D eigenvalue weighted by atomic mass is 16.2. The number of Topliss-reactive ketones (excluding diaryl/α,β-unsaturated/α-hetero) is 1. The number of aliphatic hydroxyl groups excluding tert-OH is 1. The molecule has 0 aliphatic carbocycles. The zero-order chi connectivity index (χ0) is 10.4. The lowest BCUT2D eigenvalue weighted by Gasteiger charge is -2.00. The summed E-state index contributed by atoms with van der Waals surface area (Å²) >= 11 is 0. The molecule has 0 heterocycles. The first-order chi connectivity index (χ1) is 6.74. The maximum Gasteiger partial charge on any atom is 0.134 e. The van der Waals surface area contributed by atoms with Gasteiger partial charge in [0.2, 0.25) is 0 Å². The highest BCUT2D eigenvalue weighted by Crippen LogP contribution is 2.08. The van der Waals surface area contributed by atoms with Crippen molar-refractivity contribution in [3.8, 4) is 11.8 Å². The third-order valence-electron chi connectivity index (χ3n) is 1.76. The summed E-state index contributed by atoms with van der Waals surface area (Å²) in [5.74, 6) is 5.50. The van der Waals surface area contributed by atoms with Crippen LogP contribution in [0.2, 0.25) is 0 Å². The zero-order valence-electron chi connectivity index (χ0n) is 8.08. The van der Waals surface area contributed by atoms with E-state index in [-0.39, 0.29) is 12.4 Å². The van der Waals surface area contributed by atoms with Crippen molar-refractivity contribution in [3.63, 3.8) is 0 Å². The number of benzene rings is 1. The molecule has 1 N–H and O–H groups in total. The zero-order valence-corrected chi connectivity index (χ0v) is 8.08. The van der Waals surface area contributed by atoms with Crippen LogP contribution in [0.1, 0.15) is 18.1 Å². The topological polar surface area (TPSA) is 37.3 Å². The molecule has 1 aromatic rings. The highest BCUT2D eigenvalue weighted by molar-refractivity contribution is 5.78. The minimum Gasteiger partial charge on any atom is -0.384 e. The fraction of sp³-hybridized carbons (Fsp3) is 0.250. The van der Waals surface area contributed by atoms with Crippen molar-refractivity contribution >= 4 is 5.78 Å². The number of aliphatic hydroxyl groups is 1. The van der Waals surface area contributed by atoms with Gasteiger partial charge in [-0.25, -0.2) is 0 Å². The largest absolute Gasteiger partial charge is 0.384 e. The van der Waals surface area contributed by atoms with Crippen LogP contribution in [0.5, 0.6) is 0 Å². The van der Waals surface area contributed by atoms with Crippen LogP contribution in [0.3, 0.4) is 0 Å². The quantitative estimate of drug-likeness (QED) is 0.707. The van der Waals surface area contributed by atoms with E-state index >= 15 is 0 Å². The van der Waals surface area contributed by atoms with Gasteiger partial charge in [0.15, 0.2) is 0 Å². The van der Waals surface area contributed by atoms with Crippen molar-refractivity contribution in [3.05, 3.63) is 35.4 Å². The van der Waals surface area contributed by atoms with Gasteiger partial charge in [-0.3, -0.25) is 4.79 Å². The molecule has 14 heavy (non-hydrogen) atoms. The number of carbonyl (C=O) groups is 1. The first kappa shape index (κ1) is 10.5. The van der Waals surface area contributed by atoms with Crippen LogP contribution < -0.4 is 0 Å². The molecule has 0 aliphatic rings. The lowest BCUT2D eigenvalue weighted by atomic mass is 10.0. The van der Waals surface area contributed by atoms with Crippen molar-refractivity contribution in [1.29, 1.82) is 0 Å². The summed E-state index contributed by atoms with van der Waals surface area (Å²) in [4.78, 5) is 10.9. The van der Waals surface area contributed by atoms with Gasteiger partial charge >= 0.3 is 0 Å². The molecule has 0 amide bonds. The number of rotatable bonds is 2. The van der Waals surface area contributed by atoms with Gasteiger partial charge in [0.05, 0.1) is 0 Å². The molecule has 1 aromatic carbocycles. The molecular formula is C12H12O2. The predicted molar refractivity (Wildman–Crippen MR) is 54.8 cm³/mol. The van der Waals surface area contributed by atoms with E-state index in [0.717, 1.165) is 11.1 Å². The van der Waals surface area contributed by atoms with Gasteiger partial charge in [-0.05, 0) is 18.6 Å². The Hall–Kier alpha value is -1.59. The monoisotopic (exact) mass is 188 g/mol. The number of hydrogen-bond acceptors (Lipinski definition) is 2. The maximum absolute atomic E-state index is 10.9. The Kier molecular flexibility index (Phi) is 3.90. The minimum atomic E-state index is -0.158. The van der Waals surface area contributed by atoms with Crippen molar-refractivity contribution in [1.82, 2.24) is 0 Å². The van der Waals surface area contributed by atoms with Gasteiger partial charge in [-0.15, -0.1) is 0 Å². The molecule has 0 unspecified atom stereocenters. The van der Waals surface area contributed by atoms with E-state index in [9.17, 15) is 4.79 Å². The Bertz CT molecular complexity index is 383. The van der Waals surface area contributed by atoms with Gasteiger partial charge in [0.1, 0.15) is 12.4 Å². The lowest BCUT2D eigenvalue weighted by Crippen LogP contribution is -1.98. The normalized spacial score (nSPS) is 9.00. The molecule has 0 aliphatic heterocycles. The van der Waals surface area contributed by atoms with E-state index < -0.39 is 0 Å². The van der Waals surface area contributed by atoms with Crippen LogP contribution in [0.4, 0.5) is 0 Å². The van der Waals surface area contributed by atoms with Crippen LogP contribution in [0, 0.1) is 11.8 Å². The molecule has 0 radical (unpaired) electrons. The molecule has 0 spiro atoms. The molecule has 0 bridgehead atoms. The summed E-state index contributed by atoms with van der Waals surface area (Å²) in [5, 5.41) is 8.56. The van der Waals surface area contributed by atoms with Crippen LogP contribution in [0.25, 0.3) is 0 Å². The summed E-state index contributed by atoms with van der Waals surface area (Å²) in [6, 6.07) is 7.47. The van der Waals surface area contributed by atoms with E-state index in [1.54, 1.807) is 6.92 Å². The molecule has 72 valence electrons. The molecule has 2 heteroatoms. The van der Waals surface area contributed by atoms with Gasteiger partial charge in [-0.2, -0.15) is 0 Å². The fourth-order valence-electron chi connectivity index (χ4n) is 1.20. The van der Waals surface area contributed by atoms with Crippen molar-refractivity contribution in [2.45, 2.75) is 13.3 Å². The Morgan fingerprint density at radius 3 is 2.79 bits per heavy atom. The van der Waals surface area contributed by atoms with Gasteiger partial charge in [0, 0.05) is 12.0 Å². The van der Waals surface area contributed by atoms with E-state index in [1.807, 2.05) is 24.3 Å². The second-order valence-corrected chi connectivity index (χ2v) is 3.00. The second kappa shape index (κ2) is 5.21. The standard InChI is InChI=1S/C12H12O2/c1-10(14)9-12-6-3-2-5-11(12)7-4-8-13/h2-3,5-6,13H,8-9H2,1H3. The van der Waals surface area contributed by atoms with Crippen molar-refractivity contribution in [2.75, 3.05) is 6.61 Å². The molecule has 1 rings (SSSR count). The Morgan fingerprint density at radius 2 is 2.14 bits per heavy atom. The number of ketones is 1. The molecule has 2 nitrogen and oxygen atoms in total. The van der Waals surface area contributed by atoms with Crippen LogP contribution in [-0.2, 0) is 11.2 Å². The van der Waals surface area contributed by atoms with Crippen molar-refractivity contribution < 1.29 is 9.90 Å². The molecule has 0 saturated heterocycles. The average Bonchev–Trinajstić information content (AvgIpc) is 2.16. The summed E-state index contributed by atoms with van der Waals surface area (Å²) in [5.41, 5.74) is 1.73. The number of carbonyl (C=O) groups excluding carboxylic acids is 1. The van der Waals surface area contributed by atoms with Gasteiger partial charge in [0.25, 0.3) is 0 Å². The first-order valence-electron chi connectivity index (χ1n) is 4.41. The second-order valence-electron chi connectivity index (χ2n) is 3.00. The van der Waals surface area contributed by atoms with E-state index in [2.05, 4.69) is 11.8 Å². The fourth-order valence-corrected chi connectivity index (χ4v) is 1.20. The molecular weight excluding hydrogens is 176 g/mol. The summed E-state index contributed by atoms with van der Waals surface area (Å²) in [6.07, 6.45) is 0.399. The third kappa shape index (κ3) is 3.04. The molecule has 0 aromatic heterocycles. The summed E-state index contributed by atoms with van der Waals surface area (Å²) in [6.45, 7) is 1.39. The Labute approximate surface area is 83.6 Å².